The molecule has 1 heterocycles. The largest absolute Gasteiger partial charge is 0.504 e. The Kier molecular flexibility index (Phi) is 6.37. The standard InChI is InChI=1S/C16H24N4O3/c1-19-7-9-20(10-8-19)6-5-16(22)18-17-12-13-3-4-14(21)15(11-13)23-2/h3-4,11-12,21H,5-10H2,1-2H3,(H,18,22)/p+2/b17-12+. The SMILES string of the molecule is COc1cc(/C=N/NC(=O)CC[NH+]2CC[NH+](C)CC2)ccc1O. The average molecular weight is 322 g/mol. The molecule has 23 heavy (non-hydrogen) atoms. The van der Waals surface area contributed by atoms with Crippen LogP contribution in [-0.4, -0.2) is 64.1 Å². The second-order valence-corrected chi connectivity index (χ2v) is 5.93. The van der Waals surface area contributed by atoms with Gasteiger partial charge in [-0.1, -0.05) is 0 Å². The fourth-order valence-electron chi connectivity index (χ4n) is 2.58. The Labute approximate surface area is 136 Å². The van der Waals surface area contributed by atoms with Crippen LogP contribution in [0.2, 0.25) is 0 Å². The molecule has 0 aromatic heterocycles. The number of hydrazone groups is 1. The highest BCUT2D eigenvalue weighted by Crippen LogP contribution is 2.25. The highest BCUT2D eigenvalue weighted by molar-refractivity contribution is 5.83. The summed E-state index contributed by atoms with van der Waals surface area (Å²) in [4.78, 5) is 14.9. The molecule has 1 saturated heterocycles. The Morgan fingerprint density at radius 2 is 2.13 bits per heavy atom. The van der Waals surface area contributed by atoms with E-state index in [1.165, 1.54) is 24.3 Å². The minimum Gasteiger partial charge on any atom is -0.504 e. The van der Waals surface area contributed by atoms with E-state index in [0.717, 1.165) is 38.3 Å². The predicted molar refractivity (Wildman–Crippen MR) is 87.2 cm³/mol. The molecule has 0 aliphatic carbocycles. The average Bonchev–Trinajstić information content (AvgIpc) is 2.56. The highest BCUT2D eigenvalue weighted by atomic mass is 16.5. The monoisotopic (exact) mass is 322 g/mol. The minimum atomic E-state index is -0.0780. The summed E-state index contributed by atoms with van der Waals surface area (Å²) < 4.78 is 5.02. The highest BCUT2D eigenvalue weighted by Gasteiger charge is 2.20. The van der Waals surface area contributed by atoms with Gasteiger partial charge in [0, 0.05) is 0 Å². The number of likely N-dealkylation sites (N-methyl/N-ethyl adjacent to an activating group) is 1. The lowest BCUT2D eigenvalue weighted by atomic mass is 10.2. The number of ether oxygens (including phenoxy) is 1. The van der Waals surface area contributed by atoms with Crippen LogP contribution >= 0.6 is 0 Å². The van der Waals surface area contributed by atoms with Crippen molar-refractivity contribution in [2.75, 3.05) is 46.9 Å². The lowest BCUT2D eigenvalue weighted by Gasteiger charge is -2.26. The molecule has 0 unspecified atom stereocenters. The van der Waals surface area contributed by atoms with Gasteiger partial charge in [0.1, 0.15) is 26.2 Å². The Bertz CT molecular complexity index is 554. The zero-order valence-electron chi connectivity index (χ0n) is 13.8. The lowest BCUT2D eigenvalue weighted by Crippen LogP contribution is -3.27. The summed E-state index contributed by atoms with van der Waals surface area (Å²) in [6.07, 6.45) is 2.01. The number of quaternary nitrogens is 2. The number of nitrogens with one attached hydrogen (secondary N) is 3. The van der Waals surface area contributed by atoms with Crippen molar-refractivity contribution in [1.82, 2.24) is 5.43 Å². The van der Waals surface area contributed by atoms with Gasteiger partial charge < -0.3 is 19.6 Å². The Morgan fingerprint density at radius 3 is 2.83 bits per heavy atom. The van der Waals surface area contributed by atoms with Gasteiger partial charge in [0.25, 0.3) is 0 Å². The number of rotatable bonds is 6. The van der Waals surface area contributed by atoms with Crippen molar-refractivity contribution >= 4 is 12.1 Å². The van der Waals surface area contributed by atoms with Crippen LogP contribution < -0.4 is 20.0 Å². The van der Waals surface area contributed by atoms with Crippen molar-refractivity contribution in [3.05, 3.63) is 23.8 Å². The number of phenolic OH excluding ortho intramolecular Hbond substituents is 1. The second-order valence-electron chi connectivity index (χ2n) is 5.93. The van der Waals surface area contributed by atoms with Crippen LogP contribution in [0, 0.1) is 0 Å². The first-order valence-corrected chi connectivity index (χ1v) is 7.92. The molecular weight excluding hydrogens is 296 g/mol. The molecule has 1 fully saturated rings. The lowest BCUT2D eigenvalue weighted by molar-refractivity contribution is -1.00. The fourth-order valence-corrected chi connectivity index (χ4v) is 2.58. The Hall–Kier alpha value is -2.12. The number of carbonyl (C=O) groups excluding carboxylic acids is 1. The van der Waals surface area contributed by atoms with E-state index < -0.39 is 0 Å². The molecule has 7 nitrogen and oxygen atoms in total. The number of nitrogens with zero attached hydrogens (tertiary/aromatic N) is 1. The summed E-state index contributed by atoms with van der Waals surface area (Å²) in [7, 11) is 3.69. The number of amides is 1. The van der Waals surface area contributed by atoms with E-state index in [1.54, 1.807) is 17.0 Å². The third kappa shape index (κ3) is 5.54. The first-order valence-electron chi connectivity index (χ1n) is 7.92. The summed E-state index contributed by atoms with van der Waals surface area (Å²) in [6, 6.07) is 4.88. The normalized spacial score (nSPS) is 21.3. The molecule has 2 rings (SSSR count). The molecule has 7 heteroatoms. The molecule has 1 aliphatic heterocycles. The van der Waals surface area contributed by atoms with Crippen molar-refractivity contribution in [1.29, 1.82) is 0 Å². The van der Waals surface area contributed by atoms with Gasteiger partial charge in [0.15, 0.2) is 11.5 Å². The van der Waals surface area contributed by atoms with Crippen LogP contribution in [-0.2, 0) is 4.79 Å². The van der Waals surface area contributed by atoms with Gasteiger partial charge >= 0.3 is 0 Å². The summed E-state index contributed by atoms with van der Waals surface area (Å²) in [6.45, 7) is 5.42. The first kappa shape index (κ1) is 17.2. The van der Waals surface area contributed by atoms with Crippen LogP contribution in [0.4, 0.5) is 0 Å². The molecule has 1 amide bonds. The molecule has 1 aromatic carbocycles. The quantitative estimate of drug-likeness (QED) is 0.350. The number of benzene rings is 1. The van der Waals surface area contributed by atoms with Crippen LogP contribution in [0.15, 0.2) is 23.3 Å². The van der Waals surface area contributed by atoms with E-state index >= 15 is 0 Å². The third-order valence-corrected chi connectivity index (χ3v) is 4.12. The van der Waals surface area contributed by atoms with Gasteiger partial charge in [-0.05, 0) is 23.8 Å². The predicted octanol–water partition coefficient (Wildman–Crippen LogP) is -2.35. The number of hydrogen-bond donors (Lipinski definition) is 4. The maximum absolute atomic E-state index is 11.8. The Balaban J connectivity index is 1.73. The zero-order chi connectivity index (χ0) is 16.7. The summed E-state index contributed by atoms with van der Waals surface area (Å²) in [5, 5.41) is 13.5. The van der Waals surface area contributed by atoms with Crippen LogP contribution in [0.1, 0.15) is 12.0 Å². The molecule has 1 aliphatic rings. The number of carbonyl (C=O) groups is 1. The maximum atomic E-state index is 11.8. The molecule has 0 spiro atoms. The maximum Gasteiger partial charge on any atom is 0.245 e. The van der Waals surface area contributed by atoms with Crippen LogP contribution in [0.3, 0.4) is 0 Å². The molecule has 0 atom stereocenters. The number of phenols is 1. The minimum absolute atomic E-state index is 0.0747. The smallest absolute Gasteiger partial charge is 0.245 e. The van der Waals surface area contributed by atoms with Gasteiger partial charge in [0.05, 0.1) is 33.3 Å². The molecule has 126 valence electrons. The second kappa shape index (κ2) is 8.50. The van der Waals surface area contributed by atoms with Crippen molar-refractivity contribution in [3.63, 3.8) is 0 Å². The van der Waals surface area contributed by atoms with Crippen molar-refractivity contribution in [2.45, 2.75) is 6.42 Å². The molecule has 1 aromatic rings. The summed E-state index contributed by atoms with van der Waals surface area (Å²) in [5.41, 5.74) is 3.28. The van der Waals surface area contributed by atoms with Crippen LogP contribution in [0.5, 0.6) is 11.5 Å². The zero-order valence-corrected chi connectivity index (χ0v) is 13.8. The summed E-state index contributed by atoms with van der Waals surface area (Å²) >= 11 is 0. The molecule has 0 bridgehead atoms. The van der Waals surface area contributed by atoms with Crippen LogP contribution in [0.25, 0.3) is 0 Å². The van der Waals surface area contributed by atoms with E-state index in [-0.39, 0.29) is 11.7 Å². The van der Waals surface area contributed by atoms with E-state index in [4.69, 9.17) is 4.74 Å². The third-order valence-electron chi connectivity index (χ3n) is 4.12. The Morgan fingerprint density at radius 1 is 1.39 bits per heavy atom. The number of piperazine rings is 1. The van der Waals surface area contributed by atoms with Crippen molar-refractivity contribution in [2.24, 2.45) is 5.10 Å². The van der Waals surface area contributed by atoms with E-state index in [9.17, 15) is 9.90 Å². The van der Waals surface area contributed by atoms with E-state index in [2.05, 4.69) is 17.6 Å². The van der Waals surface area contributed by atoms with Gasteiger partial charge in [-0.25, -0.2) is 5.43 Å². The van der Waals surface area contributed by atoms with Gasteiger partial charge in [-0.3, -0.25) is 4.79 Å². The fraction of sp³-hybridized carbons (Fsp3) is 0.500. The van der Waals surface area contributed by atoms with Gasteiger partial charge in [0.2, 0.25) is 5.91 Å². The molecular formula is C16H26N4O3+2. The van der Waals surface area contributed by atoms with Crippen molar-refractivity contribution in [3.8, 4) is 11.5 Å². The number of aromatic hydroxyl groups is 1. The first-order chi connectivity index (χ1) is 11.1. The van der Waals surface area contributed by atoms with E-state index in [1.807, 2.05) is 0 Å². The number of hydrogen-bond acceptors (Lipinski definition) is 4. The van der Waals surface area contributed by atoms with E-state index in [0.29, 0.717) is 12.2 Å². The van der Waals surface area contributed by atoms with Gasteiger partial charge in [-0.2, -0.15) is 5.10 Å². The molecule has 0 saturated carbocycles. The topological polar surface area (TPSA) is 79.8 Å². The molecule has 4 N–H and O–H groups in total. The summed E-state index contributed by atoms with van der Waals surface area (Å²) in [5.74, 6) is 0.373. The number of methoxy groups -OCH3 is 1. The molecule has 0 radical (unpaired) electrons. The van der Waals surface area contributed by atoms with Crippen molar-refractivity contribution < 1.29 is 24.4 Å². The van der Waals surface area contributed by atoms with Gasteiger partial charge in [-0.15, -0.1) is 0 Å².